The van der Waals surface area contributed by atoms with E-state index in [4.69, 9.17) is 9.32 Å². The lowest BCUT2D eigenvalue weighted by atomic mass is 9.98. The van der Waals surface area contributed by atoms with Crippen LogP contribution in [-0.2, 0) is 29.1 Å². The Bertz CT molecular complexity index is 1910. The third kappa shape index (κ3) is 6.71. The van der Waals surface area contributed by atoms with Crippen LogP contribution in [0.1, 0.15) is 39.9 Å². The predicted molar refractivity (Wildman–Crippen MR) is 190 cm³/mol. The molecule has 2 saturated heterocycles. The average molecular weight is 694 g/mol. The van der Waals surface area contributed by atoms with E-state index in [2.05, 4.69) is 16.9 Å². The number of carbonyl (C=O) groups excluding carboxylic acids is 4. The van der Waals surface area contributed by atoms with Gasteiger partial charge in [0.1, 0.15) is 30.2 Å². The molecule has 1 aromatic heterocycles. The molecule has 0 radical (unpaired) electrons. The number of benzene rings is 3. The van der Waals surface area contributed by atoms with Crippen LogP contribution in [0.3, 0.4) is 0 Å². The summed E-state index contributed by atoms with van der Waals surface area (Å²) in [6.45, 7) is 4.62. The molecule has 4 aromatic rings. The van der Waals surface area contributed by atoms with Gasteiger partial charge >= 0.3 is 6.03 Å². The second-order valence-corrected chi connectivity index (χ2v) is 13.2. The molecule has 0 bridgehead atoms. The first-order valence-corrected chi connectivity index (χ1v) is 17.5. The first kappa shape index (κ1) is 33.4. The van der Waals surface area contributed by atoms with E-state index in [-0.39, 0.29) is 68.7 Å². The Kier molecular flexibility index (Phi) is 9.61. The molecular formula is C37H39N7O5S. The van der Waals surface area contributed by atoms with Crippen molar-refractivity contribution in [2.75, 3.05) is 19.6 Å². The van der Waals surface area contributed by atoms with Crippen LogP contribution in [0.5, 0.6) is 5.75 Å². The summed E-state index contributed by atoms with van der Waals surface area (Å²) in [5.74, 6) is 0.289. The minimum Gasteiger partial charge on any atom is -0.410 e. The van der Waals surface area contributed by atoms with Crippen molar-refractivity contribution < 1.29 is 23.4 Å². The molecule has 2 aliphatic heterocycles. The first-order valence-electron chi connectivity index (χ1n) is 16.7. The smallest absolute Gasteiger partial charge is 0.334 e. The number of hydrogen-bond donors (Lipinski definition) is 3. The molecule has 2 atom stereocenters. The van der Waals surface area contributed by atoms with Gasteiger partial charge < -0.3 is 24.3 Å². The molecule has 4 N–H and O–H groups in total. The second-order valence-electron chi connectivity index (χ2n) is 12.8. The number of fused-ring (bicyclic) bond motifs is 2. The summed E-state index contributed by atoms with van der Waals surface area (Å²) in [4.78, 5) is 62.2. The number of ketones is 1. The van der Waals surface area contributed by atoms with Crippen molar-refractivity contribution in [2.24, 2.45) is 11.1 Å². The minimum absolute atomic E-state index is 0.0733. The molecule has 258 valence electrons. The van der Waals surface area contributed by atoms with Gasteiger partial charge in [0.2, 0.25) is 11.8 Å². The third-order valence-corrected chi connectivity index (χ3v) is 9.83. The zero-order valence-corrected chi connectivity index (χ0v) is 28.3. The molecule has 1 saturated carbocycles. The van der Waals surface area contributed by atoms with E-state index in [1.807, 2.05) is 60.7 Å². The van der Waals surface area contributed by atoms with Gasteiger partial charge in [0, 0.05) is 49.1 Å². The lowest BCUT2D eigenvalue weighted by Gasteiger charge is -2.55. The molecule has 3 aromatic carbocycles. The van der Waals surface area contributed by atoms with Gasteiger partial charge in [-0.15, -0.1) is 6.58 Å². The highest BCUT2D eigenvalue weighted by Crippen LogP contribution is 2.36. The number of nitrogens with two attached hydrogens (primary N) is 1. The Labute approximate surface area is 294 Å². The summed E-state index contributed by atoms with van der Waals surface area (Å²) in [7, 11) is 0. The third-order valence-electron chi connectivity index (χ3n) is 9.54. The molecule has 12 nitrogen and oxygen atoms in total. The molecule has 13 heteroatoms. The highest BCUT2D eigenvalue weighted by atomic mass is 32.2. The Morgan fingerprint density at radius 3 is 2.52 bits per heavy atom. The number of amides is 4. The summed E-state index contributed by atoms with van der Waals surface area (Å²) in [6, 6.07) is 21.3. The quantitative estimate of drug-likeness (QED) is 0.0858. The molecular weight excluding hydrogens is 655 g/mol. The second kappa shape index (κ2) is 14.4. The number of rotatable bonds is 12. The van der Waals surface area contributed by atoms with Gasteiger partial charge in [-0.3, -0.25) is 14.4 Å². The highest BCUT2D eigenvalue weighted by Gasteiger charge is 2.51. The summed E-state index contributed by atoms with van der Waals surface area (Å²) < 4.78 is 5.32. The molecule has 1 aliphatic carbocycles. The van der Waals surface area contributed by atoms with E-state index in [0.717, 1.165) is 52.7 Å². The maximum atomic E-state index is 14.5. The number of aromatic nitrogens is 1. The molecule has 50 heavy (non-hydrogen) atoms. The Balaban J connectivity index is 1.23. The average Bonchev–Trinajstić information content (AvgIpc) is 3.88. The first-order chi connectivity index (χ1) is 24.4. The van der Waals surface area contributed by atoms with E-state index < -0.39 is 12.2 Å². The van der Waals surface area contributed by atoms with Crippen LogP contribution in [0.15, 0.2) is 91.6 Å². The van der Waals surface area contributed by atoms with E-state index in [9.17, 15) is 19.2 Å². The summed E-state index contributed by atoms with van der Waals surface area (Å²) in [5, 5.41) is 12.6. The topological polar surface area (TPSA) is 144 Å². The van der Waals surface area contributed by atoms with Crippen LogP contribution >= 0.6 is 12.2 Å². The van der Waals surface area contributed by atoms with Crippen LogP contribution in [0.4, 0.5) is 4.79 Å². The van der Waals surface area contributed by atoms with Crippen molar-refractivity contribution in [3.05, 3.63) is 114 Å². The van der Waals surface area contributed by atoms with E-state index in [1.54, 1.807) is 44.2 Å². The number of urea groups is 1. The monoisotopic (exact) mass is 693 g/mol. The number of H-pyrrole nitrogens is 1. The van der Waals surface area contributed by atoms with E-state index >= 15 is 0 Å². The van der Waals surface area contributed by atoms with E-state index in [1.165, 1.54) is 0 Å². The van der Waals surface area contributed by atoms with Crippen molar-refractivity contribution in [2.45, 2.75) is 44.6 Å². The SMILES string of the molecule is C=CCN1CC(=O)N2[C@@H](Cc3ccc(OSN)cc3)C(=O)N(Cc3cccc4c(C(=O)C5CC5)c[nH]c34)C[C@@H]2N1C(=O)NCc1ccccc1. The van der Waals surface area contributed by atoms with E-state index in [0.29, 0.717) is 11.3 Å². The number of nitrogens with one attached hydrogen (secondary N) is 2. The van der Waals surface area contributed by atoms with Crippen molar-refractivity contribution in [3.8, 4) is 5.75 Å². The number of carbonyl (C=O) groups is 4. The van der Waals surface area contributed by atoms with Crippen molar-refractivity contribution in [3.63, 3.8) is 0 Å². The van der Waals surface area contributed by atoms with Crippen molar-refractivity contribution in [1.29, 1.82) is 0 Å². The Hall–Kier alpha value is -5.11. The number of piperazine rings is 1. The molecule has 3 fully saturated rings. The van der Waals surface area contributed by atoms with Crippen LogP contribution in [0.2, 0.25) is 0 Å². The number of aromatic amines is 1. The number of hydrogen-bond acceptors (Lipinski definition) is 8. The molecule has 0 unspecified atom stereocenters. The van der Waals surface area contributed by atoms with Gasteiger partial charge in [-0.05, 0) is 41.7 Å². The van der Waals surface area contributed by atoms with Gasteiger partial charge in [-0.2, -0.15) is 0 Å². The zero-order valence-electron chi connectivity index (χ0n) is 27.5. The Morgan fingerprint density at radius 2 is 1.80 bits per heavy atom. The summed E-state index contributed by atoms with van der Waals surface area (Å²) >= 11 is 0.741. The zero-order chi connectivity index (χ0) is 34.8. The van der Waals surface area contributed by atoms with Gasteiger partial charge in [-0.1, -0.05) is 66.7 Å². The lowest BCUT2D eigenvalue weighted by molar-refractivity contribution is -0.189. The van der Waals surface area contributed by atoms with Crippen LogP contribution in [0.25, 0.3) is 10.9 Å². The molecule has 0 spiro atoms. The molecule has 7 rings (SSSR count). The van der Waals surface area contributed by atoms with Crippen LogP contribution in [0, 0.1) is 5.92 Å². The van der Waals surface area contributed by atoms with Gasteiger partial charge in [0.15, 0.2) is 5.78 Å². The number of hydrazine groups is 1. The molecule has 3 aliphatic rings. The fraction of sp³-hybridized carbons (Fsp3) is 0.297. The number of Topliss-reactive ketones (excluding diaryl/α,β-unsaturated/α-hetero) is 1. The van der Waals surface area contributed by atoms with Gasteiger partial charge in [0.05, 0.1) is 18.6 Å². The number of para-hydroxylation sites is 1. The fourth-order valence-electron chi connectivity index (χ4n) is 6.98. The highest BCUT2D eigenvalue weighted by molar-refractivity contribution is 7.92. The van der Waals surface area contributed by atoms with Gasteiger partial charge in [-0.25, -0.2) is 20.0 Å². The van der Waals surface area contributed by atoms with Crippen molar-refractivity contribution >= 4 is 46.8 Å². The van der Waals surface area contributed by atoms with Crippen molar-refractivity contribution in [1.82, 2.24) is 30.1 Å². The minimum atomic E-state index is -0.887. The Morgan fingerprint density at radius 1 is 1.02 bits per heavy atom. The standard InChI is InChI=1S/C37H39N7O5S/c1-2-17-42-23-33(45)43-31(18-24-11-15-28(16-12-24)49-50-38)36(47)41(22-32(43)44(42)37(48)40-19-25-7-4-3-5-8-25)21-27-9-6-10-29-30(20-39-34(27)29)35(46)26-13-14-26/h2-12,15-16,20,26,31-32,39H,1,13-14,17-19,21-23,38H2,(H,40,48)/t31-,32-/m0/s1. The van der Waals surface area contributed by atoms with Crippen LogP contribution in [-0.4, -0.2) is 80.3 Å². The number of nitrogens with zero attached hydrogens (tertiary/aromatic N) is 4. The lowest BCUT2D eigenvalue weighted by Crippen LogP contribution is -2.76. The molecule has 4 amide bonds. The normalized spacial score (nSPS) is 19.4. The summed E-state index contributed by atoms with van der Waals surface area (Å²) in [6.07, 6.45) is 4.66. The largest absolute Gasteiger partial charge is 0.410 e. The predicted octanol–water partition coefficient (Wildman–Crippen LogP) is 4.40. The summed E-state index contributed by atoms with van der Waals surface area (Å²) in [5.41, 5.74) is 4.04. The molecule has 3 heterocycles. The van der Waals surface area contributed by atoms with Gasteiger partial charge in [0.25, 0.3) is 0 Å². The maximum Gasteiger partial charge on any atom is 0.334 e. The maximum absolute atomic E-state index is 14.5. The fourth-order valence-corrected chi connectivity index (χ4v) is 7.20. The van der Waals surface area contributed by atoms with Crippen LogP contribution < -0.4 is 14.6 Å².